The van der Waals surface area contributed by atoms with E-state index in [0.717, 1.165) is 5.19 Å². The maximum absolute atomic E-state index is 13.3. The molecule has 1 saturated heterocycles. The van der Waals surface area contributed by atoms with Gasteiger partial charge in [0.25, 0.3) is 5.91 Å². The first-order chi connectivity index (χ1) is 16.1. The van der Waals surface area contributed by atoms with E-state index < -0.39 is 25.9 Å². The third-order valence-corrected chi connectivity index (χ3v) is 7.69. The minimum Gasteiger partial charge on any atom is -0.494 e. The van der Waals surface area contributed by atoms with Gasteiger partial charge in [0.15, 0.2) is 0 Å². The second-order valence-electron chi connectivity index (χ2n) is 9.26. The SMILES string of the molecule is CCOc1ccc(C(NC(=O)C2CNC(=O)C2)C(=O)Nc2ccc([Si](C)(C)C)c(C#N)c2)cc1. The number of nitrogens with zero attached hydrogens (tertiary/aromatic N) is 1. The highest BCUT2D eigenvalue weighted by molar-refractivity contribution is 6.89. The molecule has 1 heterocycles. The van der Waals surface area contributed by atoms with E-state index in [2.05, 4.69) is 41.7 Å². The van der Waals surface area contributed by atoms with E-state index in [9.17, 15) is 19.6 Å². The number of benzene rings is 2. The third-order valence-electron chi connectivity index (χ3n) is 5.64. The maximum atomic E-state index is 13.3. The number of hydrogen-bond acceptors (Lipinski definition) is 5. The van der Waals surface area contributed by atoms with E-state index in [1.807, 2.05) is 13.0 Å². The number of carbonyl (C=O) groups is 3. The smallest absolute Gasteiger partial charge is 0.251 e. The molecule has 2 aromatic rings. The molecular formula is C25H30N4O4Si. The Morgan fingerprint density at radius 3 is 2.47 bits per heavy atom. The van der Waals surface area contributed by atoms with Crippen molar-refractivity contribution in [3.8, 4) is 11.8 Å². The zero-order chi connectivity index (χ0) is 24.9. The summed E-state index contributed by atoms with van der Waals surface area (Å²) in [6.07, 6.45) is 0.0904. The van der Waals surface area contributed by atoms with Crippen molar-refractivity contribution in [2.45, 2.75) is 39.0 Å². The van der Waals surface area contributed by atoms with Gasteiger partial charge in [-0.2, -0.15) is 5.26 Å². The average Bonchev–Trinajstić information content (AvgIpc) is 3.23. The Hall–Kier alpha value is -3.64. The molecule has 1 aliphatic heterocycles. The molecule has 8 nitrogen and oxygen atoms in total. The number of ether oxygens (including phenoxy) is 1. The number of anilines is 1. The summed E-state index contributed by atoms with van der Waals surface area (Å²) in [5, 5.41) is 18.9. The van der Waals surface area contributed by atoms with Gasteiger partial charge >= 0.3 is 0 Å². The number of amides is 3. The second-order valence-corrected chi connectivity index (χ2v) is 14.3. The Kier molecular flexibility index (Phi) is 7.74. The van der Waals surface area contributed by atoms with Crippen LogP contribution < -0.4 is 25.9 Å². The second kappa shape index (κ2) is 10.5. The summed E-state index contributed by atoms with van der Waals surface area (Å²) in [6.45, 7) is 9.10. The molecular weight excluding hydrogens is 448 g/mol. The van der Waals surface area contributed by atoms with Gasteiger partial charge in [-0.3, -0.25) is 14.4 Å². The molecule has 0 radical (unpaired) electrons. The van der Waals surface area contributed by atoms with Crippen LogP contribution in [0.4, 0.5) is 5.69 Å². The quantitative estimate of drug-likeness (QED) is 0.503. The van der Waals surface area contributed by atoms with Crippen LogP contribution in [0, 0.1) is 17.2 Å². The van der Waals surface area contributed by atoms with Crippen LogP contribution in [0.2, 0.25) is 19.6 Å². The van der Waals surface area contributed by atoms with Gasteiger partial charge in [0, 0.05) is 18.7 Å². The van der Waals surface area contributed by atoms with Gasteiger partial charge in [-0.25, -0.2) is 0 Å². The van der Waals surface area contributed by atoms with Crippen molar-refractivity contribution in [2.75, 3.05) is 18.5 Å². The zero-order valence-corrected chi connectivity index (χ0v) is 20.9. The molecule has 3 N–H and O–H groups in total. The molecule has 1 fully saturated rings. The largest absolute Gasteiger partial charge is 0.494 e. The van der Waals surface area contributed by atoms with E-state index in [1.54, 1.807) is 36.4 Å². The molecule has 1 aliphatic rings. The summed E-state index contributed by atoms with van der Waals surface area (Å²) < 4.78 is 5.47. The van der Waals surface area contributed by atoms with Crippen LogP contribution in [0.5, 0.6) is 5.75 Å². The maximum Gasteiger partial charge on any atom is 0.251 e. The first kappa shape index (κ1) is 25.0. The molecule has 2 unspecified atom stereocenters. The molecule has 0 aliphatic carbocycles. The van der Waals surface area contributed by atoms with Crippen LogP contribution in [0.1, 0.15) is 30.5 Å². The Bertz CT molecular complexity index is 1120. The lowest BCUT2D eigenvalue weighted by atomic mass is 10.0. The first-order valence-corrected chi connectivity index (χ1v) is 14.8. The van der Waals surface area contributed by atoms with Crippen LogP contribution in [-0.2, 0) is 14.4 Å². The summed E-state index contributed by atoms with van der Waals surface area (Å²) in [5.74, 6) is -0.887. The van der Waals surface area contributed by atoms with E-state index in [-0.39, 0.29) is 24.8 Å². The standard InChI is InChI=1S/C25H30N4O4Si/c1-5-33-20-9-6-16(7-10-20)23(29-24(31)18-13-22(30)27-15-18)25(32)28-19-8-11-21(34(2,3)4)17(12-19)14-26/h6-12,18,23H,5,13,15H2,1-4H3,(H,27,30)(H,28,32)(H,29,31). The van der Waals surface area contributed by atoms with Crippen LogP contribution in [0.3, 0.4) is 0 Å². The average molecular weight is 479 g/mol. The Balaban J connectivity index is 1.86. The van der Waals surface area contributed by atoms with Crippen molar-refractivity contribution in [3.05, 3.63) is 53.6 Å². The molecule has 34 heavy (non-hydrogen) atoms. The van der Waals surface area contributed by atoms with Crippen LogP contribution in [0.15, 0.2) is 42.5 Å². The van der Waals surface area contributed by atoms with Gasteiger partial charge in [-0.15, -0.1) is 0 Å². The summed E-state index contributed by atoms with van der Waals surface area (Å²) in [4.78, 5) is 37.7. The summed E-state index contributed by atoms with van der Waals surface area (Å²) in [7, 11) is -1.73. The van der Waals surface area contributed by atoms with Crippen molar-refractivity contribution in [1.29, 1.82) is 5.26 Å². The van der Waals surface area contributed by atoms with E-state index in [1.165, 1.54) is 0 Å². The van der Waals surface area contributed by atoms with Gasteiger partial charge in [0.1, 0.15) is 11.8 Å². The number of carbonyl (C=O) groups excluding carboxylic acids is 3. The monoisotopic (exact) mass is 478 g/mol. The number of nitriles is 1. The molecule has 0 bridgehead atoms. The molecule has 0 aromatic heterocycles. The molecule has 2 atom stereocenters. The van der Waals surface area contributed by atoms with Gasteiger partial charge in [-0.1, -0.05) is 37.8 Å². The Labute approximate surface area is 200 Å². The van der Waals surface area contributed by atoms with Crippen molar-refractivity contribution in [1.82, 2.24) is 10.6 Å². The highest BCUT2D eigenvalue weighted by atomic mass is 28.3. The fourth-order valence-corrected chi connectivity index (χ4v) is 5.38. The van der Waals surface area contributed by atoms with Gasteiger partial charge in [-0.05, 0) is 41.9 Å². The summed E-state index contributed by atoms with van der Waals surface area (Å²) in [6, 6.07) is 13.5. The third kappa shape index (κ3) is 6.02. The first-order valence-electron chi connectivity index (χ1n) is 11.3. The van der Waals surface area contributed by atoms with Gasteiger partial charge < -0.3 is 20.7 Å². The van der Waals surface area contributed by atoms with E-state index in [0.29, 0.717) is 29.2 Å². The van der Waals surface area contributed by atoms with Gasteiger partial charge in [0.05, 0.1) is 32.2 Å². The molecule has 3 rings (SSSR count). The zero-order valence-electron chi connectivity index (χ0n) is 19.9. The molecule has 3 amide bonds. The summed E-state index contributed by atoms with van der Waals surface area (Å²) >= 11 is 0. The molecule has 2 aromatic carbocycles. The topological polar surface area (TPSA) is 120 Å². The van der Waals surface area contributed by atoms with Crippen LogP contribution in [0.25, 0.3) is 0 Å². The molecule has 0 spiro atoms. The van der Waals surface area contributed by atoms with E-state index >= 15 is 0 Å². The number of rotatable bonds is 8. The summed E-state index contributed by atoms with van der Waals surface area (Å²) in [5.41, 5.74) is 1.59. The predicted molar refractivity (Wildman–Crippen MR) is 132 cm³/mol. The lowest BCUT2D eigenvalue weighted by molar-refractivity contribution is -0.129. The van der Waals surface area contributed by atoms with Crippen molar-refractivity contribution in [3.63, 3.8) is 0 Å². The highest BCUT2D eigenvalue weighted by Gasteiger charge is 2.32. The minimum absolute atomic E-state index is 0.0904. The lowest BCUT2D eigenvalue weighted by Crippen LogP contribution is -2.41. The van der Waals surface area contributed by atoms with Crippen LogP contribution >= 0.6 is 0 Å². The highest BCUT2D eigenvalue weighted by Crippen LogP contribution is 2.22. The van der Waals surface area contributed by atoms with Crippen LogP contribution in [-0.4, -0.2) is 38.9 Å². The fraction of sp³-hybridized carbons (Fsp3) is 0.360. The van der Waals surface area contributed by atoms with Crippen molar-refractivity contribution >= 4 is 36.7 Å². The number of hydrogen-bond donors (Lipinski definition) is 3. The molecule has 0 saturated carbocycles. The Morgan fingerprint density at radius 1 is 1.21 bits per heavy atom. The van der Waals surface area contributed by atoms with Crippen molar-refractivity contribution in [2.24, 2.45) is 5.92 Å². The number of nitrogens with one attached hydrogen (secondary N) is 3. The minimum atomic E-state index is -1.73. The molecule has 9 heteroatoms. The predicted octanol–water partition coefficient (Wildman–Crippen LogP) is 2.43. The van der Waals surface area contributed by atoms with Crippen molar-refractivity contribution < 1.29 is 19.1 Å². The van der Waals surface area contributed by atoms with Gasteiger partial charge in [0.2, 0.25) is 11.8 Å². The molecule has 178 valence electrons. The lowest BCUT2D eigenvalue weighted by Gasteiger charge is -2.22. The Morgan fingerprint density at radius 2 is 1.91 bits per heavy atom. The van der Waals surface area contributed by atoms with E-state index in [4.69, 9.17) is 4.74 Å². The normalized spacial score (nSPS) is 16.2. The fourth-order valence-electron chi connectivity index (χ4n) is 3.86.